The number of aliphatic imine (C=N–C) groups is 1. The van der Waals surface area contributed by atoms with Crippen molar-refractivity contribution in [3.8, 4) is 0 Å². The molecule has 1 aromatic rings. The van der Waals surface area contributed by atoms with E-state index >= 15 is 0 Å². The van der Waals surface area contributed by atoms with Crippen LogP contribution in [0.2, 0.25) is 0 Å². The maximum atomic E-state index is 11.1. The van der Waals surface area contributed by atoms with Gasteiger partial charge in [0.2, 0.25) is 6.41 Å². The van der Waals surface area contributed by atoms with Gasteiger partial charge in [0.25, 0.3) is 0 Å². The number of anilines is 1. The van der Waals surface area contributed by atoms with E-state index in [1.165, 1.54) is 11.1 Å². The molecule has 0 spiro atoms. The van der Waals surface area contributed by atoms with Crippen LogP contribution in [0.3, 0.4) is 0 Å². The fourth-order valence-corrected chi connectivity index (χ4v) is 1.96. The Bertz CT molecular complexity index is 595. The summed E-state index contributed by atoms with van der Waals surface area (Å²) in [6, 6.07) is 7.30. The smallest absolute Gasteiger partial charge is 0.218 e. The Balaban J connectivity index is 2.49. The van der Waals surface area contributed by atoms with E-state index in [4.69, 9.17) is 10.5 Å². The van der Waals surface area contributed by atoms with Crippen molar-refractivity contribution in [2.45, 2.75) is 19.4 Å². The zero-order valence-electron chi connectivity index (χ0n) is 11.5. The Labute approximate surface area is 118 Å². The van der Waals surface area contributed by atoms with Crippen molar-refractivity contribution in [2.24, 2.45) is 10.7 Å². The van der Waals surface area contributed by atoms with E-state index < -0.39 is 5.60 Å². The highest BCUT2D eigenvalue weighted by Crippen LogP contribution is 2.31. The average Bonchev–Trinajstić information content (AvgIpc) is 2.65. The Morgan fingerprint density at radius 1 is 1.40 bits per heavy atom. The molecule has 1 heterocycles. The number of nitrogens with two attached hydrogens (primary N) is 1. The fourth-order valence-electron chi connectivity index (χ4n) is 1.96. The maximum absolute atomic E-state index is 11.1. The molecule has 1 aliphatic heterocycles. The third-order valence-electron chi connectivity index (χ3n) is 2.98. The van der Waals surface area contributed by atoms with Crippen molar-refractivity contribution in [3.05, 3.63) is 49.0 Å². The monoisotopic (exact) mass is 271 g/mol. The maximum Gasteiger partial charge on any atom is 0.218 e. The third kappa shape index (κ3) is 2.56. The number of rotatable bonds is 4. The minimum atomic E-state index is -0.586. The molecule has 0 unspecified atom stereocenters. The number of carbonyl (C=O) groups excluding carboxylic acids is 1. The second-order valence-electron chi connectivity index (χ2n) is 4.84. The van der Waals surface area contributed by atoms with Crippen LogP contribution in [0.4, 0.5) is 11.4 Å². The van der Waals surface area contributed by atoms with Gasteiger partial charge >= 0.3 is 0 Å². The number of hydrogen-bond acceptors (Lipinski definition) is 4. The third-order valence-corrected chi connectivity index (χ3v) is 2.98. The second kappa shape index (κ2) is 5.21. The lowest BCUT2D eigenvalue weighted by Crippen LogP contribution is -2.28. The van der Waals surface area contributed by atoms with Gasteiger partial charge in [-0.3, -0.25) is 9.69 Å². The van der Waals surface area contributed by atoms with Crippen LogP contribution >= 0.6 is 0 Å². The van der Waals surface area contributed by atoms with Crippen LogP contribution < -0.4 is 10.6 Å². The SMILES string of the molecule is C=CN(C=O)c1ccccc1N=C1C=C(N)OC1(C)C. The van der Waals surface area contributed by atoms with Crippen LogP contribution in [0.25, 0.3) is 0 Å². The lowest BCUT2D eigenvalue weighted by molar-refractivity contribution is -0.106. The molecule has 1 amide bonds. The Morgan fingerprint density at radius 3 is 2.65 bits per heavy atom. The first-order valence-corrected chi connectivity index (χ1v) is 6.18. The minimum Gasteiger partial charge on any atom is -0.467 e. The minimum absolute atomic E-state index is 0.335. The first-order chi connectivity index (χ1) is 9.47. The summed E-state index contributed by atoms with van der Waals surface area (Å²) in [5, 5.41) is 0. The predicted octanol–water partition coefficient (Wildman–Crippen LogP) is 2.47. The summed E-state index contributed by atoms with van der Waals surface area (Å²) in [7, 11) is 0. The molecule has 0 fully saturated rings. The Morgan fingerprint density at radius 2 is 2.10 bits per heavy atom. The summed E-state index contributed by atoms with van der Waals surface area (Å²) in [4.78, 5) is 17.0. The summed E-state index contributed by atoms with van der Waals surface area (Å²) in [6.45, 7) is 7.38. The number of benzene rings is 1. The summed E-state index contributed by atoms with van der Waals surface area (Å²) in [5.74, 6) is 0.335. The molecule has 0 radical (unpaired) electrons. The summed E-state index contributed by atoms with van der Waals surface area (Å²) >= 11 is 0. The molecule has 1 aromatic carbocycles. The predicted molar refractivity (Wildman–Crippen MR) is 79.7 cm³/mol. The van der Waals surface area contributed by atoms with Crippen LogP contribution in [0, 0.1) is 0 Å². The number of para-hydroxylation sites is 2. The molecule has 104 valence electrons. The first kappa shape index (κ1) is 13.9. The zero-order valence-corrected chi connectivity index (χ0v) is 11.5. The molecule has 0 aromatic heterocycles. The van der Waals surface area contributed by atoms with E-state index in [0.29, 0.717) is 29.4 Å². The van der Waals surface area contributed by atoms with Gasteiger partial charge in [0.1, 0.15) is 5.60 Å². The molecule has 0 atom stereocenters. The molecule has 2 N–H and O–H groups in total. The van der Waals surface area contributed by atoms with E-state index in [1.54, 1.807) is 12.1 Å². The van der Waals surface area contributed by atoms with E-state index in [1.807, 2.05) is 32.0 Å². The van der Waals surface area contributed by atoms with Gasteiger partial charge in [-0.2, -0.15) is 0 Å². The van der Waals surface area contributed by atoms with E-state index in [-0.39, 0.29) is 0 Å². The van der Waals surface area contributed by atoms with Crippen LogP contribution in [0.1, 0.15) is 13.8 Å². The number of nitrogens with zero attached hydrogens (tertiary/aromatic N) is 2. The quantitative estimate of drug-likeness (QED) is 0.855. The first-order valence-electron chi connectivity index (χ1n) is 6.18. The molecular weight excluding hydrogens is 254 g/mol. The molecule has 0 saturated carbocycles. The summed E-state index contributed by atoms with van der Waals surface area (Å²) < 4.78 is 5.49. The van der Waals surface area contributed by atoms with Gasteiger partial charge in [-0.05, 0) is 26.0 Å². The van der Waals surface area contributed by atoms with E-state index in [9.17, 15) is 4.79 Å². The van der Waals surface area contributed by atoms with Crippen molar-refractivity contribution in [2.75, 3.05) is 4.90 Å². The van der Waals surface area contributed by atoms with Crippen molar-refractivity contribution in [3.63, 3.8) is 0 Å². The van der Waals surface area contributed by atoms with Crippen molar-refractivity contribution < 1.29 is 9.53 Å². The molecule has 20 heavy (non-hydrogen) atoms. The van der Waals surface area contributed by atoms with Crippen LogP contribution in [-0.4, -0.2) is 17.7 Å². The number of carbonyl (C=O) groups is 1. The van der Waals surface area contributed by atoms with Crippen LogP contribution in [-0.2, 0) is 9.53 Å². The largest absolute Gasteiger partial charge is 0.467 e. The Kier molecular flexibility index (Phi) is 3.61. The van der Waals surface area contributed by atoms with Crippen LogP contribution in [0.15, 0.2) is 54.0 Å². The van der Waals surface area contributed by atoms with Gasteiger partial charge in [-0.15, -0.1) is 0 Å². The molecule has 0 saturated heterocycles. The topological polar surface area (TPSA) is 67.9 Å². The molecule has 5 nitrogen and oxygen atoms in total. The van der Waals surface area contributed by atoms with Gasteiger partial charge in [0.05, 0.1) is 17.1 Å². The van der Waals surface area contributed by atoms with Gasteiger partial charge in [-0.25, -0.2) is 4.99 Å². The van der Waals surface area contributed by atoms with Crippen molar-refractivity contribution >= 4 is 23.5 Å². The number of hydrogen-bond donors (Lipinski definition) is 1. The van der Waals surface area contributed by atoms with E-state index in [0.717, 1.165) is 0 Å². The molecule has 0 bridgehead atoms. The average molecular weight is 271 g/mol. The number of amides is 1. The lowest BCUT2D eigenvalue weighted by Gasteiger charge is -2.20. The highest BCUT2D eigenvalue weighted by Gasteiger charge is 2.32. The highest BCUT2D eigenvalue weighted by molar-refractivity contribution is 6.05. The normalized spacial score (nSPS) is 18.3. The van der Waals surface area contributed by atoms with Crippen molar-refractivity contribution in [1.82, 2.24) is 0 Å². The van der Waals surface area contributed by atoms with E-state index in [2.05, 4.69) is 11.6 Å². The van der Waals surface area contributed by atoms with Crippen LogP contribution in [0.5, 0.6) is 0 Å². The lowest BCUT2D eigenvalue weighted by atomic mass is 10.0. The molecule has 0 aliphatic carbocycles. The highest BCUT2D eigenvalue weighted by atomic mass is 16.5. The Hall–Kier alpha value is -2.56. The fraction of sp³-hybridized carbons (Fsp3) is 0.200. The summed E-state index contributed by atoms with van der Waals surface area (Å²) in [5.41, 5.74) is 7.10. The molecule has 5 heteroatoms. The second-order valence-corrected chi connectivity index (χ2v) is 4.84. The molecular formula is C15H17N3O2. The van der Waals surface area contributed by atoms with Gasteiger partial charge in [0, 0.05) is 12.3 Å². The van der Waals surface area contributed by atoms with Gasteiger partial charge < -0.3 is 10.5 Å². The van der Waals surface area contributed by atoms with Crippen molar-refractivity contribution in [1.29, 1.82) is 0 Å². The summed E-state index contributed by atoms with van der Waals surface area (Å²) in [6.07, 6.45) is 3.81. The molecule has 1 aliphatic rings. The standard InChI is InChI=1S/C15H17N3O2/c1-4-18(10-19)12-8-6-5-7-11(12)17-13-9-14(16)20-15(13,2)3/h4-10H,1,16H2,2-3H3. The number of ether oxygens (including phenoxy) is 1. The van der Waals surface area contributed by atoms with Gasteiger partial charge in [0.15, 0.2) is 5.88 Å². The molecule has 2 rings (SSSR count). The zero-order chi connectivity index (χ0) is 14.8. The van der Waals surface area contributed by atoms with Gasteiger partial charge in [-0.1, -0.05) is 18.7 Å².